The van der Waals surface area contributed by atoms with Crippen LogP contribution in [0.5, 0.6) is 23.0 Å². The summed E-state index contributed by atoms with van der Waals surface area (Å²) in [5.41, 5.74) is 11.7. The summed E-state index contributed by atoms with van der Waals surface area (Å²) in [5, 5.41) is 53.3. The molecule has 10 N–H and O–H groups in total. The minimum Gasteiger partial charge on any atom is -0.504 e. The van der Waals surface area contributed by atoms with E-state index < -0.39 is 24.0 Å². The number of aliphatic carboxylic acids is 2. The Morgan fingerprint density at radius 1 is 0.690 bits per heavy atom. The van der Waals surface area contributed by atoms with E-state index in [-0.39, 0.29) is 45.7 Å². The summed E-state index contributed by atoms with van der Waals surface area (Å²) in [6.07, 6.45) is 0.229. The third-order valence-electron chi connectivity index (χ3n) is 3.63. The predicted octanol–water partition coefficient (Wildman–Crippen LogP) is 0.966. The van der Waals surface area contributed by atoms with Crippen molar-refractivity contribution in [2.24, 2.45) is 11.5 Å². The number of nitrogens with two attached hydrogens (primary N) is 2. The fourth-order valence-corrected chi connectivity index (χ4v) is 2.07. The summed E-state index contributed by atoms with van der Waals surface area (Å²) < 4.78 is 0. The largest absolute Gasteiger partial charge is 0.504 e. The minimum atomic E-state index is -1.10. The van der Waals surface area contributed by atoms with Gasteiger partial charge in [0.2, 0.25) is 0 Å². The quantitative estimate of drug-likeness (QED) is 0.243. The van der Waals surface area contributed by atoms with Gasteiger partial charge in [-0.3, -0.25) is 9.59 Å². The van der Waals surface area contributed by atoms with Gasteiger partial charge in [-0.2, -0.15) is 0 Å². The van der Waals surface area contributed by atoms with Crippen LogP contribution < -0.4 is 11.5 Å². The van der Waals surface area contributed by atoms with Gasteiger partial charge >= 0.3 is 11.9 Å². The molecule has 0 amide bonds. The van der Waals surface area contributed by atoms with E-state index in [9.17, 15) is 9.59 Å². The summed E-state index contributed by atoms with van der Waals surface area (Å²) in [6.45, 7) is 0. The van der Waals surface area contributed by atoms with Crippen LogP contribution in [-0.2, 0) is 22.4 Å². The zero-order chi connectivity index (χ0) is 21.4. The smallest absolute Gasteiger partial charge is 0.320 e. The highest BCUT2D eigenvalue weighted by molar-refractivity contribution is 6.92. The molecule has 29 heavy (non-hydrogen) atoms. The molecule has 0 bridgehead atoms. The standard InChI is InChI=1S/2C9H11NO4.P/c2*10-6(9(13)14)3-5-1-2-7(11)8(12)4-5;/h2*1-2,4,6,11-12H,3,10H2,(H,13,14);/t2*6-;/m00./s1. The van der Waals surface area contributed by atoms with Gasteiger partial charge in [-0.25, -0.2) is 0 Å². The summed E-state index contributed by atoms with van der Waals surface area (Å²) >= 11 is 0. The first-order chi connectivity index (χ1) is 13.0. The monoisotopic (exact) mass is 425 g/mol. The molecule has 0 aliphatic carbocycles. The van der Waals surface area contributed by atoms with Crippen molar-refractivity contribution >= 4 is 21.8 Å². The first-order valence-corrected chi connectivity index (χ1v) is 7.99. The van der Waals surface area contributed by atoms with E-state index in [1.165, 1.54) is 36.4 Å². The minimum absolute atomic E-state index is 0. The third-order valence-corrected chi connectivity index (χ3v) is 3.63. The van der Waals surface area contributed by atoms with Crippen molar-refractivity contribution in [1.29, 1.82) is 0 Å². The molecule has 0 saturated carbocycles. The van der Waals surface area contributed by atoms with Crippen molar-refractivity contribution in [2.75, 3.05) is 0 Å². The maximum Gasteiger partial charge on any atom is 0.320 e. The second-order valence-electron chi connectivity index (χ2n) is 5.94. The SMILES string of the molecule is N[C@@H](Cc1ccc(O)c(O)c1)C(=O)O.N[C@@H](Cc1ccc(O)c(O)c1)C(=O)O.[P]. The summed E-state index contributed by atoms with van der Waals surface area (Å²) in [4.78, 5) is 20.8. The van der Waals surface area contributed by atoms with Gasteiger partial charge in [0.15, 0.2) is 23.0 Å². The Balaban J connectivity index is 0.000000523. The highest BCUT2D eigenvalue weighted by Crippen LogP contribution is 2.26. The van der Waals surface area contributed by atoms with Crippen LogP contribution in [-0.4, -0.2) is 54.7 Å². The molecule has 2 aromatic carbocycles. The molecule has 0 heterocycles. The number of hydrogen-bond donors (Lipinski definition) is 8. The molecular formula is C18H22N2O8P. The number of rotatable bonds is 6. The third kappa shape index (κ3) is 8.65. The molecule has 0 saturated heterocycles. The second-order valence-corrected chi connectivity index (χ2v) is 5.94. The Morgan fingerprint density at radius 2 is 1.00 bits per heavy atom. The molecule has 10 nitrogen and oxygen atoms in total. The van der Waals surface area contributed by atoms with E-state index >= 15 is 0 Å². The number of phenolic OH excluding ortho intramolecular Hbond substituents is 4. The number of hydrogen-bond acceptors (Lipinski definition) is 8. The van der Waals surface area contributed by atoms with Crippen molar-refractivity contribution in [3.05, 3.63) is 47.5 Å². The Kier molecular flexibility index (Phi) is 10.5. The summed E-state index contributed by atoms with van der Waals surface area (Å²) in [7, 11) is 0. The fourth-order valence-electron chi connectivity index (χ4n) is 2.07. The molecule has 2 aromatic rings. The first-order valence-electron chi connectivity index (χ1n) is 7.99. The lowest BCUT2D eigenvalue weighted by Gasteiger charge is -2.06. The zero-order valence-electron chi connectivity index (χ0n) is 15.1. The van der Waals surface area contributed by atoms with Gasteiger partial charge in [0.1, 0.15) is 12.1 Å². The summed E-state index contributed by atoms with van der Waals surface area (Å²) in [6, 6.07) is 6.18. The topological polar surface area (TPSA) is 208 Å². The Hall–Kier alpha value is -3.07. The average Bonchev–Trinajstić information content (AvgIpc) is 2.61. The van der Waals surface area contributed by atoms with Crippen LogP contribution in [0.25, 0.3) is 0 Å². The second kappa shape index (κ2) is 11.7. The lowest BCUT2D eigenvalue weighted by molar-refractivity contribution is -0.139. The van der Waals surface area contributed by atoms with Gasteiger partial charge < -0.3 is 42.1 Å². The van der Waals surface area contributed by atoms with E-state index in [1.54, 1.807) is 0 Å². The normalized spacial score (nSPS) is 11.9. The average molecular weight is 425 g/mol. The lowest BCUT2D eigenvalue weighted by atomic mass is 10.1. The van der Waals surface area contributed by atoms with Crippen LogP contribution in [0.1, 0.15) is 11.1 Å². The zero-order valence-corrected chi connectivity index (χ0v) is 16.0. The predicted molar refractivity (Wildman–Crippen MR) is 105 cm³/mol. The fraction of sp³-hybridized carbons (Fsp3) is 0.222. The Bertz CT molecular complexity index is 777. The van der Waals surface area contributed by atoms with Gasteiger partial charge in [-0.1, -0.05) is 12.1 Å². The van der Waals surface area contributed by atoms with Crippen molar-refractivity contribution < 1.29 is 40.2 Å². The number of carbonyl (C=O) groups is 2. The van der Waals surface area contributed by atoms with Crippen LogP contribution in [0, 0.1) is 0 Å². The van der Waals surface area contributed by atoms with Gasteiger partial charge in [-0.05, 0) is 48.2 Å². The van der Waals surface area contributed by atoms with Gasteiger partial charge in [0.25, 0.3) is 0 Å². The molecule has 2 rings (SSSR count). The van der Waals surface area contributed by atoms with Crippen molar-refractivity contribution in [2.45, 2.75) is 24.9 Å². The Labute approximate surface area is 169 Å². The first kappa shape index (κ1) is 25.9. The molecule has 157 valence electrons. The highest BCUT2D eigenvalue weighted by atomic mass is 31.0. The molecule has 0 aliphatic rings. The van der Waals surface area contributed by atoms with E-state index in [4.69, 9.17) is 42.1 Å². The van der Waals surface area contributed by atoms with Crippen LogP contribution in [0.4, 0.5) is 0 Å². The highest BCUT2D eigenvalue weighted by Gasteiger charge is 2.13. The van der Waals surface area contributed by atoms with Crippen molar-refractivity contribution in [3.63, 3.8) is 0 Å². The maximum absolute atomic E-state index is 10.4. The van der Waals surface area contributed by atoms with Crippen molar-refractivity contribution in [1.82, 2.24) is 0 Å². The number of phenols is 4. The molecule has 0 spiro atoms. The summed E-state index contributed by atoms with van der Waals surface area (Å²) in [5.74, 6) is -3.23. The lowest BCUT2D eigenvalue weighted by Crippen LogP contribution is -2.32. The Morgan fingerprint density at radius 3 is 1.24 bits per heavy atom. The van der Waals surface area contributed by atoms with E-state index in [1.807, 2.05) is 0 Å². The molecule has 3 radical (unpaired) electrons. The number of carboxylic acids is 2. The van der Waals surface area contributed by atoms with E-state index in [0.29, 0.717) is 11.1 Å². The van der Waals surface area contributed by atoms with Crippen LogP contribution in [0.2, 0.25) is 0 Å². The van der Waals surface area contributed by atoms with Gasteiger partial charge in [0, 0.05) is 9.90 Å². The van der Waals surface area contributed by atoms with Gasteiger partial charge in [0.05, 0.1) is 0 Å². The van der Waals surface area contributed by atoms with Crippen LogP contribution in [0.15, 0.2) is 36.4 Å². The van der Waals surface area contributed by atoms with Crippen LogP contribution in [0.3, 0.4) is 0 Å². The number of aromatic hydroxyl groups is 4. The molecule has 0 aromatic heterocycles. The molecular weight excluding hydrogens is 403 g/mol. The molecule has 0 aliphatic heterocycles. The van der Waals surface area contributed by atoms with E-state index in [2.05, 4.69) is 0 Å². The molecule has 0 unspecified atom stereocenters. The van der Waals surface area contributed by atoms with Crippen LogP contribution >= 0.6 is 9.90 Å². The molecule has 11 heteroatoms. The van der Waals surface area contributed by atoms with Crippen molar-refractivity contribution in [3.8, 4) is 23.0 Å². The van der Waals surface area contributed by atoms with Gasteiger partial charge in [-0.15, -0.1) is 0 Å². The molecule has 0 fully saturated rings. The molecule has 2 atom stereocenters. The number of benzene rings is 2. The van der Waals surface area contributed by atoms with E-state index in [0.717, 1.165) is 0 Å². The maximum atomic E-state index is 10.4. The number of carboxylic acid groups (broad SMARTS) is 2.